The molecule has 0 saturated carbocycles. The van der Waals surface area contributed by atoms with Crippen molar-refractivity contribution in [2.75, 3.05) is 20.7 Å². The monoisotopic (exact) mass is 276 g/mol. The molecule has 0 aliphatic heterocycles. The number of aryl methyl sites for hydroxylation is 1. The maximum absolute atomic E-state index is 12.3. The fraction of sp³-hybridized carbons (Fsp3) is 0.562. The molecule has 1 aliphatic carbocycles. The molecule has 1 aromatic rings. The number of rotatable bonds is 5. The molecule has 2 rings (SSSR count). The Morgan fingerprint density at radius 1 is 1.45 bits per heavy atom. The van der Waals surface area contributed by atoms with Crippen molar-refractivity contribution in [1.29, 1.82) is 0 Å². The topological polar surface area (TPSA) is 55.6 Å². The van der Waals surface area contributed by atoms with Gasteiger partial charge in [0, 0.05) is 26.7 Å². The number of amides is 1. The van der Waals surface area contributed by atoms with Crippen molar-refractivity contribution < 1.29 is 9.53 Å². The van der Waals surface area contributed by atoms with Crippen molar-refractivity contribution in [3.05, 3.63) is 35.4 Å². The second kappa shape index (κ2) is 6.86. The molecule has 110 valence electrons. The Morgan fingerprint density at radius 2 is 2.15 bits per heavy atom. The van der Waals surface area contributed by atoms with E-state index in [-0.39, 0.29) is 18.1 Å². The zero-order valence-electron chi connectivity index (χ0n) is 12.3. The third-order valence-electron chi connectivity index (χ3n) is 4.26. The van der Waals surface area contributed by atoms with Crippen LogP contribution in [0.25, 0.3) is 0 Å². The van der Waals surface area contributed by atoms with Gasteiger partial charge in [0.1, 0.15) is 0 Å². The lowest BCUT2D eigenvalue weighted by Gasteiger charge is -2.33. The van der Waals surface area contributed by atoms with Gasteiger partial charge in [0.2, 0.25) is 5.91 Å². The quantitative estimate of drug-likeness (QED) is 0.883. The lowest BCUT2D eigenvalue weighted by molar-refractivity contribution is -0.134. The van der Waals surface area contributed by atoms with Crippen molar-refractivity contribution in [1.82, 2.24) is 4.90 Å². The van der Waals surface area contributed by atoms with Gasteiger partial charge in [0.05, 0.1) is 12.5 Å². The average Bonchev–Trinajstić information content (AvgIpc) is 2.51. The number of carbonyl (C=O) groups is 1. The number of benzene rings is 1. The zero-order valence-corrected chi connectivity index (χ0v) is 12.3. The standard InChI is InChI=1S/C16H24N2O2/c1-18(16(19)10-15(11-17)20-2)14-8-7-12-5-3-4-6-13(12)9-14/h3-6,14-15H,7-11,17H2,1-2H3/t14-,15-/m1/s1. The van der Waals surface area contributed by atoms with Gasteiger partial charge in [-0.2, -0.15) is 0 Å². The maximum Gasteiger partial charge on any atom is 0.225 e. The molecular weight excluding hydrogens is 252 g/mol. The summed E-state index contributed by atoms with van der Waals surface area (Å²) in [6.07, 6.45) is 3.20. The third kappa shape index (κ3) is 3.38. The van der Waals surface area contributed by atoms with Gasteiger partial charge < -0.3 is 15.4 Å². The van der Waals surface area contributed by atoms with E-state index in [1.54, 1.807) is 7.11 Å². The predicted molar refractivity (Wildman–Crippen MR) is 79.5 cm³/mol. The minimum atomic E-state index is -0.180. The Kier molecular flexibility index (Phi) is 5.15. The first-order chi connectivity index (χ1) is 9.65. The Hall–Kier alpha value is -1.39. The Morgan fingerprint density at radius 3 is 2.80 bits per heavy atom. The summed E-state index contributed by atoms with van der Waals surface area (Å²) < 4.78 is 5.19. The molecule has 0 radical (unpaired) electrons. The van der Waals surface area contributed by atoms with Gasteiger partial charge in [-0.05, 0) is 30.4 Å². The van der Waals surface area contributed by atoms with Crippen LogP contribution in [0.5, 0.6) is 0 Å². The summed E-state index contributed by atoms with van der Waals surface area (Å²) in [5.74, 6) is 0.117. The van der Waals surface area contributed by atoms with Gasteiger partial charge in [0.25, 0.3) is 0 Å². The highest BCUT2D eigenvalue weighted by molar-refractivity contribution is 5.76. The number of nitrogens with zero attached hydrogens (tertiary/aromatic N) is 1. The van der Waals surface area contributed by atoms with Crippen LogP contribution in [0.15, 0.2) is 24.3 Å². The normalized spacial score (nSPS) is 19.2. The summed E-state index contributed by atoms with van der Waals surface area (Å²) in [6, 6.07) is 8.78. The van der Waals surface area contributed by atoms with E-state index in [1.807, 2.05) is 11.9 Å². The largest absolute Gasteiger partial charge is 0.380 e. The maximum atomic E-state index is 12.3. The first kappa shape index (κ1) is 15.0. The van der Waals surface area contributed by atoms with Crippen LogP contribution in [-0.2, 0) is 22.4 Å². The predicted octanol–water partition coefficient (Wildman–Crippen LogP) is 1.37. The van der Waals surface area contributed by atoms with Crippen molar-refractivity contribution in [2.45, 2.75) is 37.8 Å². The second-order valence-electron chi connectivity index (χ2n) is 5.47. The molecule has 1 aromatic carbocycles. The SMILES string of the molecule is CO[C@@H](CN)CC(=O)N(C)[C@@H]1CCc2ccccc2C1. The second-order valence-corrected chi connectivity index (χ2v) is 5.47. The highest BCUT2D eigenvalue weighted by atomic mass is 16.5. The number of hydrogen-bond acceptors (Lipinski definition) is 3. The van der Waals surface area contributed by atoms with E-state index >= 15 is 0 Å². The number of hydrogen-bond donors (Lipinski definition) is 1. The van der Waals surface area contributed by atoms with E-state index in [4.69, 9.17) is 10.5 Å². The highest BCUT2D eigenvalue weighted by Gasteiger charge is 2.26. The summed E-state index contributed by atoms with van der Waals surface area (Å²) >= 11 is 0. The number of carbonyl (C=O) groups excluding carboxylic acids is 1. The minimum Gasteiger partial charge on any atom is -0.380 e. The van der Waals surface area contributed by atoms with E-state index in [2.05, 4.69) is 24.3 Å². The number of ether oxygens (including phenoxy) is 1. The highest BCUT2D eigenvalue weighted by Crippen LogP contribution is 2.24. The van der Waals surface area contributed by atoms with Crippen molar-refractivity contribution in [3.63, 3.8) is 0 Å². The molecule has 0 aromatic heterocycles. The Bertz CT molecular complexity index is 458. The Labute approximate surface area is 120 Å². The first-order valence-electron chi connectivity index (χ1n) is 7.21. The Balaban J connectivity index is 1.97. The van der Waals surface area contributed by atoms with Crippen LogP contribution in [0.4, 0.5) is 0 Å². The lowest BCUT2D eigenvalue weighted by Crippen LogP contribution is -2.42. The van der Waals surface area contributed by atoms with Crippen LogP contribution in [0.2, 0.25) is 0 Å². The fourth-order valence-corrected chi connectivity index (χ4v) is 2.81. The number of likely N-dealkylation sites (N-methyl/N-ethyl adjacent to an activating group) is 1. The zero-order chi connectivity index (χ0) is 14.5. The first-order valence-corrected chi connectivity index (χ1v) is 7.21. The molecule has 0 saturated heterocycles. The van der Waals surface area contributed by atoms with Gasteiger partial charge >= 0.3 is 0 Å². The van der Waals surface area contributed by atoms with Gasteiger partial charge in [-0.1, -0.05) is 24.3 Å². The molecule has 20 heavy (non-hydrogen) atoms. The van der Waals surface area contributed by atoms with Crippen LogP contribution >= 0.6 is 0 Å². The molecule has 0 unspecified atom stereocenters. The van der Waals surface area contributed by atoms with Gasteiger partial charge in [-0.25, -0.2) is 0 Å². The van der Waals surface area contributed by atoms with Gasteiger partial charge in [0.15, 0.2) is 0 Å². The van der Waals surface area contributed by atoms with Crippen LogP contribution in [-0.4, -0.2) is 43.7 Å². The molecule has 2 atom stereocenters. The molecule has 4 heteroatoms. The van der Waals surface area contributed by atoms with E-state index in [0.717, 1.165) is 19.3 Å². The van der Waals surface area contributed by atoms with Crippen molar-refractivity contribution >= 4 is 5.91 Å². The summed E-state index contributed by atoms with van der Waals surface area (Å²) in [5.41, 5.74) is 8.36. The van der Waals surface area contributed by atoms with E-state index in [9.17, 15) is 4.79 Å². The molecule has 0 bridgehead atoms. The summed E-state index contributed by atoms with van der Waals surface area (Å²) in [6.45, 7) is 0.379. The van der Waals surface area contributed by atoms with Crippen LogP contribution in [0.1, 0.15) is 24.0 Å². The fourth-order valence-electron chi connectivity index (χ4n) is 2.81. The molecule has 0 spiro atoms. The smallest absolute Gasteiger partial charge is 0.225 e. The van der Waals surface area contributed by atoms with Gasteiger partial charge in [-0.15, -0.1) is 0 Å². The molecule has 0 heterocycles. The molecule has 2 N–H and O–H groups in total. The summed E-state index contributed by atoms with van der Waals surface area (Å²) in [5, 5.41) is 0. The molecular formula is C16H24N2O2. The molecule has 1 aliphatic rings. The minimum absolute atomic E-state index is 0.117. The van der Waals surface area contributed by atoms with E-state index < -0.39 is 0 Å². The molecule has 4 nitrogen and oxygen atoms in total. The number of nitrogens with two attached hydrogens (primary N) is 1. The van der Waals surface area contributed by atoms with Crippen LogP contribution in [0.3, 0.4) is 0 Å². The van der Waals surface area contributed by atoms with Crippen molar-refractivity contribution in [3.8, 4) is 0 Å². The lowest BCUT2D eigenvalue weighted by atomic mass is 9.87. The third-order valence-corrected chi connectivity index (χ3v) is 4.26. The van der Waals surface area contributed by atoms with Crippen LogP contribution < -0.4 is 5.73 Å². The van der Waals surface area contributed by atoms with Gasteiger partial charge in [-0.3, -0.25) is 4.79 Å². The summed E-state index contributed by atoms with van der Waals surface area (Å²) in [4.78, 5) is 14.1. The molecule has 0 fully saturated rings. The van der Waals surface area contributed by atoms with E-state index in [1.165, 1.54) is 11.1 Å². The number of fused-ring (bicyclic) bond motifs is 1. The van der Waals surface area contributed by atoms with E-state index in [0.29, 0.717) is 13.0 Å². The average molecular weight is 276 g/mol. The van der Waals surface area contributed by atoms with Crippen LogP contribution in [0, 0.1) is 0 Å². The summed E-state index contributed by atoms with van der Waals surface area (Å²) in [7, 11) is 3.49. The number of methoxy groups -OCH3 is 1. The van der Waals surface area contributed by atoms with Crippen molar-refractivity contribution in [2.24, 2.45) is 5.73 Å². The molecule has 1 amide bonds.